The van der Waals surface area contributed by atoms with E-state index in [2.05, 4.69) is 0 Å². The fourth-order valence-corrected chi connectivity index (χ4v) is 5.14. The monoisotopic (exact) mass is 427 g/mol. The van der Waals surface area contributed by atoms with Crippen molar-refractivity contribution in [3.8, 4) is 11.5 Å². The number of amides is 2. The first kappa shape index (κ1) is 20.6. The van der Waals surface area contributed by atoms with E-state index in [9.17, 15) is 9.59 Å². The van der Waals surface area contributed by atoms with Gasteiger partial charge in [0.05, 0.1) is 36.7 Å². The van der Waals surface area contributed by atoms with Gasteiger partial charge in [-0.25, -0.2) is 0 Å². The highest BCUT2D eigenvalue weighted by atomic mass is 32.2. The first-order chi connectivity index (χ1) is 14.6. The van der Waals surface area contributed by atoms with Crippen LogP contribution in [0.1, 0.15) is 43.4 Å². The summed E-state index contributed by atoms with van der Waals surface area (Å²) in [6.45, 7) is 0. The van der Waals surface area contributed by atoms with Crippen molar-refractivity contribution in [2.45, 2.75) is 43.9 Å². The Morgan fingerprint density at radius 1 is 1.03 bits per heavy atom. The van der Waals surface area contributed by atoms with Crippen LogP contribution in [0.5, 0.6) is 11.5 Å². The van der Waals surface area contributed by atoms with Crippen LogP contribution in [0.3, 0.4) is 0 Å². The van der Waals surface area contributed by atoms with Crippen molar-refractivity contribution in [1.82, 2.24) is 4.90 Å². The smallest absolute Gasteiger partial charge is 0.268 e. The van der Waals surface area contributed by atoms with Crippen LogP contribution < -0.4 is 9.47 Å². The van der Waals surface area contributed by atoms with Gasteiger partial charge in [0.1, 0.15) is 5.76 Å². The summed E-state index contributed by atoms with van der Waals surface area (Å²) in [6.07, 6.45) is 6.59. The third kappa shape index (κ3) is 3.86. The Morgan fingerprint density at radius 2 is 1.80 bits per heavy atom. The van der Waals surface area contributed by atoms with Crippen LogP contribution in [-0.2, 0) is 15.3 Å². The Balaban J connectivity index is 1.72. The zero-order chi connectivity index (χ0) is 21.1. The number of benzene rings is 1. The number of imide groups is 1. The fourth-order valence-electron chi connectivity index (χ4n) is 4.12. The van der Waals surface area contributed by atoms with Crippen LogP contribution in [-0.4, -0.2) is 37.0 Å². The molecule has 0 atom stereocenters. The molecular formula is C23H25NO5S. The van der Waals surface area contributed by atoms with Crippen LogP contribution in [0.15, 0.2) is 45.9 Å². The van der Waals surface area contributed by atoms with Crippen molar-refractivity contribution in [2.24, 2.45) is 0 Å². The molecular weight excluding hydrogens is 402 g/mol. The number of carbonyl (C=O) groups excluding carboxylic acids is 2. The molecule has 0 unspecified atom stereocenters. The van der Waals surface area contributed by atoms with E-state index in [-0.39, 0.29) is 17.9 Å². The summed E-state index contributed by atoms with van der Waals surface area (Å²) in [7, 11) is 3.12. The number of carbonyl (C=O) groups is 2. The molecule has 0 radical (unpaired) electrons. The first-order valence-corrected chi connectivity index (χ1v) is 11.1. The Labute approximate surface area is 180 Å². The van der Waals surface area contributed by atoms with Gasteiger partial charge in [-0.05, 0) is 42.7 Å². The molecule has 0 spiro atoms. The summed E-state index contributed by atoms with van der Waals surface area (Å²) >= 11 is 1.35. The molecule has 7 heteroatoms. The van der Waals surface area contributed by atoms with Gasteiger partial charge in [-0.2, -0.15) is 0 Å². The summed E-state index contributed by atoms with van der Waals surface area (Å²) in [5.41, 5.74) is 1.09. The number of ether oxygens (including phenoxy) is 2. The first-order valence-electron chi connectivity index (χ1n) is 10.1. The van der Waals surface area contributed by atoms with E-state index in [0.29, 0.717) is 33.3 Å². The Bertz CT molecular complexity index is 960. The molecule has 1 aromatic heterocycles. The van der Waals surface area contributed by atoms with E-state index in [1.165, 1.54) is 16.7 Å². The lowest BCUT2D eigenvalue weighted by Gasteiger charge is -2.29. The third-order valence-corrected chi connectivity index (χ3v) is 6.72. The van der Waals surface area contributed by atoms with Crippen LogP contribution >= 0.6 is 11.8 Å². The molecule has 30 heavy (non-hydrogen) atoms. The number of furan rings is 1. The van der Waals surface area contributed by atoms with Crippen LogP contribution in [0.2, 0.25) is 0 Å². The molecule has 4 rings (SSSR count). The number of hydrogen-bond acceptors (Lipinski definition) is 6. The molecule has 0 N–H and O–H groups in total. The summed E-state index contributed by atoms with van der Waals surface area (Å²) in [5, 5.41) is 0. The van der Waals surface area contributed by atoms with Gasteiger partial charge < -0.3 is 13.9 Å². The summed E-state index contributed by atoms with van der Waals surface area (Å²) in [6, 6.07) is 8.98. The minimum atomic E-state index is -0.221. The molecule has 2 aliphatic rings. The lowest BCUT2D eigenvalue weighted by atomic mass is 9.94. The molecule has 0 saturated heterocycles. The van der Waals surface area contributed by atoms with Crippen molar-refractivity contribution in [3.63, 3.8) is 0 Å². The molecule has 2 aromatic rings. The molecule has 1 fully saturated rings. The van der Waals surface area contributed by atoms with Crippen LogP contribution in [0.4, 0.5) is 0 Å². The Hall–Kier alpha value is -2.67. The largest absolute Gasteiger partial charge is 0.493 e. The highest BCUT2D eigenvalue weighted by molar-refractivity contribution is 8.03. The van der Waals surface area contributed by atoms with Crippen LogP contribution in [0.25, 0.3) is 5.57 Å². The maximum Gasteiger partial charge on any atom is 0.268 e. The van der Waals surface area contributed by atoms with Gasteiger partial charge in [0.2, 0.25) is 0 Å². The number of methoxy groups -OCH3 is 2. The molecule has 6 nitrogen and oxygen atoms in total. The number of rotatable bonds is 7. The minimum Gasteiger partial charge on any atom is -0.493 e. The van der Waals surface area contributed by atoms with Crippen LogP contribution in [0, 0.1) is 0 Å². The topological polar surface area (TPSA) is 69.0 Å². The predicted molar refractivity (Wildman–Crippen MR) is 115 cm³/mol. The molecule has 2 heterocycles. The second-order valence-electron chi connectivity index (χ2n) is 7.41. The normalized spacial score (nSPS) is 17.7. The molecule has 1 aliphatic carbocycles. The summed E-state index contributed by atoms with van der Waals surface area (Å²) < 4.78 is 16.2. The molecule has 0 bridgehead atoms. The van der Waals surface area contributed by atoms with E-state index >= 15 is 0 Å². The minimum absolute atomic E-state index is 0.0318. The van der Waals surface area contributed by atoms with Crippen molar-refractivity contribution >= 4 is 29.1 Å². The zero-order valence-electron chi connectivity index (χ0n) is 17.2. The average Bonchev–Trinajstić information content (AvgIpc) is 3.38. The van der Waals surface area contributed by atoms with Crippen molar-refractivity contribution in [2.75, 3.05) is 14.2 Å². The number of thioether (sulfide) groups is 1. The van der Waals surface area contributed by atoms with Crippen molar-refractivity contribution in [1.29, 1.82) is 0 Å². The molecule has 1 aromatic carbocycles. The van der Waals surface area contributed by atoms with Crippen molar-refractivity contribution in [3.05, 3.63) is 52.8 Å². The number of nitrogens with zero attached hydrogens (tertiary/aromatic N) is 1. The molecule has 1 saturated carbocycles. The van der Waals surface area contributed by atoms with Gasteiger partial charge in [-0.1, -0.05) is 25.3 Å². The van der Waals surface area contributed by atoms with Gasteiger partial charge in [0, 0.05) is 6.04 Å². The highest BCUT2D eigenvalue weighted by Gasteiger charge is 2.43. The lowest BCUT2D eigenvalue weighted by Crippen LogP contribution is -2.42. The molecule has 158 valence electrons. The summed E-state index contributed by atoms with van der Waals surface area (Å²) in [5.74, 6) is 1.92. The van der Waals surface area contributed by atoms with E-state index in [1.807, 2.05) is 12.1 Å². The van der Waals surface area contributed by atoms with E-state index in [4.69, 9.17) is 13.9 Å². The maximum atomic E-state index is 13.5. The second-order valence-corrected chi connectivity index (χ2v) is 8.40. The molecule has 1 aliphatic heterocycles. The third-order valence-electron chi connectivity index (χ3n) is 5.62. The fraction of sp³-hybridized carbons (Fsp3) is 0.391. The summed E-state index contributed by atoms with van der Waals surface area (Å²) in [4.78, 5) is 28.8. The Morgan fingerprint density at radius 3 is 2.47 bits per heavy atom. The lowest BCUT2D eigenvalue weighted by molar-refractivity contribution is -0.139. The maximum absolute atomic E-state index is 13.5. The van der Waals surface area contributed by atoms with E-state index in [0.717, 1.165) is 37.9 Å². The van der Waals surface area contributed by atoms with E-state index in [1.54, 1.807) is 38.7 Å². The quantitative estimate of drug-likeness (QED) is 0.600. The standard InChI is InChI=1S/C23H25NO5S/c1-27-18-11-10-15(13-19(18)28-2)20-21(30-14-17-9-6-12-29-17)23(26)24(22(20)25)16-7-4-3-5-8-16/h6,9-13,16H,3-5,7-8,14H2,1-2H3. The van der Waals surface area contributed by atoms with E-state index < -0.39 is 0 Å². The SMILES string of the molecule is COc1ccc(C2=C(SCc3ccco3)C(=O)N(C3CCCCC3)C2=O)cc1OC. The molecule has 2 amide bonds. The average molecular weight is 428 g/mol. The highest BCUT2D eigenvalue weighted by Crippen LogP contribution is 2.42. The predicted octanol–water partition coefficient (Wildman–Crippen LogP) is 4.64. The van der Waals surface area contributed by atoms with Gasteiger partial charge in [0.25, 0.3) is 11.8 Å². The van der Waals surface area contributed by atoms with Gasteiger partial charge in [-0.3, -0.25) is 14.5 Å². The van der Waals surface area contributed by atoms with Gasteiger partial charge in [0.15, 0.2) is 11.5 Å². The van der Waals surface area contributed by atoms with Crippen molar-refractivity contribution < 1.29 is 23.5 Å². The Kier molecular flexibility index (Phi) is 6.18. The second kappa shape index (κ2) is 9.00. The number of hydrogen-bond donors (Lipinski definition) is 0. The zero-order valence-corrected chi connectivity index (χ0v) is 18.0. The van der Waals surface area contributed by atoms with Gasteiger partial charge in [-0.15, -0.1) is 11.8 Å². The van der Waals surface area contributed by atoms with Gasteiger partial charge >= 0.3 is 0 Å².